The highest BCUT2D eigenvalue weighted by Crippen LogP contribution is 2.30. The first kappa shape index (κ1) is 23.3. The Kier molecular flexibility index (Phi) is 6.68. The Morgan fingerprint density at radius 3 is 2.21 bits per heavy atom. The third kappa shape index (κ3) is 5.30. The number of carbonyl (C=O) groups is 1. The van der Waals surface area contributed by atoms with Crippen LogP contribution in [0.15, 0.2) is 65.6 Å². The second-order valence-electron chi connectivity index (χ2n) is 6.61. The lowest BCUT2D eigenvalue weighted by molar-refractivity contribution is -0.385. The number of anilines is 2. The molecule has 0 aliphatic heterocycles. The Morgan fingerprint density at radius 1 is 0.970 bits per heavy atom. The predicted octanol–water partition coefficient (Wildman–Crippen LogP) is 3.37. The summed E-state index contributed by atoms with van der Waals surface area (Å²) < 4.78 is 38.5. The summed E-state index contributed by atoms with van der Waals surface area (Å²) >= 11 is 0. The monoisotopic (exact) mass is 473 g/mol. The van der Waals surface area contributed by atoms with Gasteiger partial charge in [-0.3, -0.25) is 19.6 Å². The predicted molar refractivity (Wildman–Crippen MR) is 120 cm³/mol. The Bertz CT molecular complexity index is 1310. The van der Waals surface area contributed by atoms with E-state index in [-0.39, 0.29) is 27.6 Å². The lowest BCUT2D eigenvalue weighted by Crippen LogP contribution is -2.16. The zero-order valence-corrected chi connectivity index (χ0v) is 18.3. The van der Waals surface area contributed by atoms with Gasteiger partial charge in [0.15, 0.2) is 5.75 Å². The molecule has 3 N–H and O–H groups in total. The van der Waals surface area contributed by atoms with Crippen LogP contribution in [0.1, 0.15) is 10.4 Å². The van der Waals surface area contributed by atoms with Gasteiger partial charge in [-0.2, -0.15) is 0 Å². The number of nitro benzene ring substituents is 1. The Hall–Kier alpha value is -4.32. The minimum absolute atomic E-state index is 0.0435. The van der Waals surface area contributed by atoms with Gasteiger partial charge in [-0.15, -0.1) is 0 Å². The molecule has 11 nitrogen and oxygen atoms in total. The van der Waals surface area contributed by atoms with Crippen LogP contribution in [0.4, 0.5) is 17.1 Å². The molecule has 0 aromatic heterocycles. The molecule has 0 aliphatic carbocycles. The number of hydrogen-bond acceptors (Lipinski definition) is 8. The minimum atomic E-state index is -4.10. The standard InChI is InChI=1S/C21H19N3O8S/c1-31-16-7-4-14(5-8-16)23-33(29,30)20-12-15(6-10-19(20)32-2)22-21(26)13-3-9-17(24(27)28)18(25)11-13/h3-12,23,25H,1-2H3,(H,22,26). The first-order chi connectivity index (χ1) is 15.6. The normalized spacial score (nSPS) is 10.8. The number of amides is 1. The number of aromatic hydroxyl groups is 1. The number of ether oxygens (including phenoxy) is 2. The van der Waals surface area contributed by atoms with Crippen molar-refractivity contribution < 1.29 is 32.7 Å². The van der Waals surface area contributed by atoms with Crippen molar-refractivity contribution in [1.82, 2.24) is 0 Å². The number of rotatable bonds is 8. The van der Waals surface area contributed by atoms with Gasteiger partial charge in [0.25, 0.3) is 15.9 Å². The summed E-state index contributed by atoms with van der Waals surface area (Å²) in [5.74, 6) is -0.786. The van der Waals surface area contributed by atoms with E-state index in [1.807, 2.05) is 0 Å². The van der Waals surface area contributed by atoms with E-state index < -0.39 is 32.3 Å². The molecule has 0 unspecified atom stereocenters. The van der Waals surface area contributed by atoms with Crippen LogP contribution in [0.5, 0.6) is 17.2 Å². The molecule has 0 fully saturated rings. The largest absolute Gasteiger partial charge is 0.502 e. The third-order valence-corrected chi connectivity index (χ3v) is 5.89. The van der Waals surface area contributed by atoms with Gasteiger partial charge in [0.05, 0.1) is 19.1 Å². The molecular weight excluding hydrogens is 454 g/mol. The van der Waals surface area contributed by atoms with Crippen LogP contribution in [-0.2, 0) is 10.0 Å². The van der Waals surface area contributed by atoms with Gasteiger partial charge in [0.2, 0.25) is 0 Å². The summed E-state index contributed by atoms with van der Waals surface area (Å²) in [7, 11) is -1.31. The lowest BCUT2D eigenvalue weighted by atomic mass is 10.1. The fourth-order valence-corrected chi connectivity index (χ4v) is 4.11. The van der Waals surface area contributed by atoms with Crippen molar-refractivity contribution in [1.29, 1.82) is 0 Å². The molecule has 3 aromatic rings. The smallest absolute Gasteiger partial charge is 0.310 e. The van der Waals surface area contributed by atoms with Gasteiger partial charge in [-0.25, -0.2) is 8.42 Å². The Labute approximate surface area is 188 Å². The van der Waals surface area contributed by atoms with Crippen LogP contribution in [0, 0.1) is 10.1 Å². The summed E-state index contributed by atoms with van der Waals surface area (Å²) in [6.45, 7) is 0. The third-order valence-electron chi connectivity index (χ3n) is 4.49. The maximum atomic E-state index is 13.0. The number of sulfonamides is 1. The molecule has 0 atom stereocenters. The summed E-state index contributed by atoms with van der Waals surface area (Å²) in [5, 5.41) is 23.0. The maximum absolute atomic E-state index is 13.0. The second kappa shape index (κ2) is 9.44. The highest BCUT2D eigenvalue weighted by atomic mass is 32.2. The molecule has 1 amide bonds. The van der Waals surface area contributed by atoms with E-state index >= 15 is 0 Å². The summed E-state index contributed by atoms with van der Waals surface area (Å²) in [6, 6.07) is 13.3. The van der Waals surface area contributed by atoms with Gasteiger partial charge in [-0.1, -0.05) is 0 Å². The number of nitrogens with zero attached hydrogens (tertiary/aromatic N) is 1. The SMILES string of the molecule is COc1ccc(NS(=O)(=O)c2cc(NC(=O)c3ccc([N+](=O)[O-])c(O)c3)ccc2OC)cc1. The minimum Gasteiger partial charge on any atom is -0.502 e. The fraction of sp³-hybridized carbons (Fsp3) is 0.0952. The zero-order valence-electron chi connectivity index (χ0n) is 17.4. The van der Waals surface area contributed by atoms with Crippen molar-refractivity contribution >= 4 is 33.0 Å². The quantitative estimate of drug-likeness (QED) is 0.332. The van der Waals surface area contributed by atoms with Crippen molar-refractivity contribution in [2.24, 2.45) is 0 Å². The molecule has 0 radical (unpaired) electrons. The highest BCUT2D eigenvalue weighted by Gasteiger charge is 2.22. The van der Waals surface area contributed by atoms with Gasteiger partial charge in [-0.05, 0) is 54.6 Å². The van der Waals surface area contributed by atoms with E-state index in [4.69, 9.17) is 9.47 Å². The zero-order chi connectivity index (χ0) is 24.2. The van der Waals surface area contributed by atoms with Gasteiger partial charge < -0.3 is 19.9 Å². The Balaban J connectivity index is 1.87. The number of nitro groups is 1. The topological polar surface area (TPSA) is 157 Å². The van der Waals surface area contributed by atoms with Crippen LogP contribution in [0.2, 0.25) is 0 Å². The summed E-state index contributed by atoms with van der Waals surface area (Å²) in [4.78, 5) is 22.3. The lowest BCUT2D eigenvalue weighted by Gasteiger charge is -2.14. The highest BCUT2D eigenvalue weighted by molar-refractivity contribution is 7.92. The molecule has 172 valence electrons. The van der Waals surface area contributed by atoms with E-state index in [1.54, 1.807) is 12.1 Å². The van der Waals surface area contributed by atoms with Crippen molar-refractivity contribution in [3.05, 3.63) is 76.3 Å². The number of methoxy groups -OCH3 is 2. The number of phenols is 1. The van der Waals surface area contributed by atoms with E-state index in [2.05, 4.69) is 10.0 Å². The van der Waals surface area contributed by atoms with Crippen molar-refractivity contribution in [2.45, 2.75) is 4.90 Å². The van der Waals surface area contributed by atoms with Gasteiger partial charge in [0.1, 0.15) is 16.4 Å². The number of nitrogens with one attached hydrogen (secondary N) is 2. The molecule has 3 aromatic carbocycles. The molecule has 0 aliphatic rings. The molecule has 0 saturated heterocycles. The molecule has 3 rings (SSSR count). The second-order valence-corrected chi connectivity index (χ2v) is 8.27. The van der Waals surface area contributed by atoms with E-state index in [0.717, 1.165) is 12.1 Å². The van der Waals surface area contributed by atoms with Crippen molar-refractivity contribution in [3.63, 3.8) is 0 Å². The molecular formula is C21H19N3O8S. The average molecular weight is 473 g/mol. The van der Waals surface area contributed by atoms with Crippen LogP contribution in [0.3, 0.4) is 0 Å². The molecule has 0 heterocycles. The first-order valence-corrected chi connectivity index (χ1v) is 10.8. The molecule has 0 spiro atoms. The average Bonchev–Trinajstić information content (AvgIpc) is 2.79. The van der Waals surface area contributed by atoms with Crippen LogP contribution in [-0.4, -0.2) is 38.6 Å². The maximum Gasteiger partial charge on any atom is 0.310 e. The van der Waals surface area contributed by atoms with Crippen molar-refractivity contribution in [2.75, 3.05) is 24.3 Å². The first-order valence-electron chi connectivity index (χ1n) is 9.28. The number of hydrogen-bond donors (Lipinski definition) is 3. The molecule has 0 bridgehead atoms. The number of phenolic OH excluding ortho intramolecular Hbond substituents is 1. The summed E-state index contributed by atoms with van der Waals surface area (Å²) in [5.41, 5.74) is -0.203. The number of benzene rings is 3. The number of carbonyl (C=O) groups excluding carboxylic acids is 1. The van der Waals surface area contributed by atoms with Crippen LogP contribution < -0.4 is 19.5 Å². The van der Waals surface area contributed by atoms with E-state index in [9.17, 15) is 28.4 Å². The van der Waals surface area contributed by atoms with E-state index in [0.29, 0.717) is 5.75 Å². The molecule has 12 heteroatoms. The Morgan fingerprint density at radius 2 is 1.64 bits per heavy atom. The fourth-order valence-electron chi connectivity index (χ4n) is 2.86. The van der Waals surface area contributed by atoms with Gasteiger partial charge in [0, 0.05) is 23.0 Å². The summed E-state index contributed by atoms with van der Waals surface area (Å²) in [6.07, 6.45) is 0. The van der Waals surface area contributed by atoms with Gasteiger partial charge >= 0.3 is 5.69 Å². The van der Waals surface area contributed by atoms with Crippen LogP contribution >= 0.6 is 0 Å². The van der Waals surface area contributed by atoms with Crippen molar-refractivity contribution in [3.8, 4) is 17.2 Å². The van der Waals surface area contributed by atoms with E-state index in [1.165, 1.54) is 50.6 Å². The van der Waals surface area contributed by atoms with Crippen LogP contribution in [0.25, 0.3) is 0 Å². The molecule has 0 saturated carbocycles. The molecule has 33 heavy (non-hydrogen) atoms.